The number of aldehydes is 2. The van der Waals surface area contributed by atoms with Gasteiger partial charge in [0.15, 0.2) is 12.6 Å². The molecule has 0 heterocycles. The molecule has 0 fully saturated rings. The van der Waals surface area contributed by atoms with Crippen molar-refractivity contribution in [1.29, 1.82) is 0 Å². The topological polar surface area (TPSA) is 183 Å². The van der Waals surface area contributed by atoms with Crippen LogP contribution in [0.2, 0.25) is 0 Å². The van der Waals surface area contributed by atoms with Crippen LogP contribution in [0.3, 0.4) is 0 Å². The maximum Gasteiger partial charge on any atom is 0.336 e. The summed E-state index contributed by atoms with van der Waals surface area (Å²) in [4.78, 5) is 63.0. The number of hydrogen-bond donors (Lipinski definition) is 4. The van der Waals surface area contributed by atoms with Crippen molar-refractivity contribution in [2.45, 2.75) is 0 Å². The van der Waals surface area contributed by atoms with E-state index in [-0.39, 0.29) is 33.4 Å². The Morgan fingerprint density at radius 1 is 0.571 bits per heavy atom. The molecular formula is C18H12O10. The number of aromatic carboxylic acids is 4. The minimum atomic E-state index is -1.32. The predicted octanol–water partition coefficient (Wildman–Crippen LogP) is 1.79. The second-order valence-electron chi connectivity index (χ2n) is 5.06. The smallest absolute Gasteiger partial charge is 0.336 e. The average Bonchev–Trinajstić information content (AvgIpc) is 2.66. The lowest BCUT2D eigenvalue weighted by Crippen LogP contribution is -2.05. The summed E-state index contributed by atoms with van der Waals surface area (Å²) < 4.78 is 0. The molecule has 0 aliphatic rings. The number of carboxylic acids is 4. The van der Waals surface area contributed by atoms with Gasteiger partial charge in [0.25, 0.3) is 0 Å². The van der Waals surface area contributed by atoms with Crippen LogP contribution in [0.5, 0.6) is 0 Å². The third-order valence-corrected chi connectivity index (χ3v) is 3.31. The zero-order chi connectivity index (χ0) is 21.4. The molecule has 144 valence electrons. The van der Waals surface area contributed by atoms with E-state index in [4.69, 9.17) is 20.4 Å². The molecule has 28 heavy (non-hydrogen) atoms. The molecule has 0 aliphatic carbocycles. The summed E-state index contributed by atoms with van der Waals surface area (Å²) in [6, 6.07) is 6.56. The Bertz CT molecular complexity index is 974. The van der Waals surface area contributed by atoms with E-state index in [1.54, 1.807) is 0 Å². The number of hydrogen-bond acceptors (Lipinski definition) is 6. The van der Waals surface area contributed by atoms with Crippen molar-refractivity contribution in [3.63, 3.8) is 0 Å². The lowest BCUT2D eigenvalue weighted by molar-refractivity contribution is 0.0679. The molecule has 0 spiro atoms. The van der Waals surface area contributed by atoms with Crippen molar-refractivity contribution in [2.75, 3.05) is 0 Å². The van der Waals surface area contributed by atoms with Crippen molar-refractivity contribution in [1.82, 2.24) is 0 Å². The van der Waals surface area contributed by atoms with Crippen LogP contribution in [0, 0.1) is 0 Å². The highest BCUT2D eigenvalue weighted by atomic mass is 16.4. The fourth-order valence-corrected chi connectivity index (χ4v) is 1.97. The molecule has 0 saturated heterocycles. The van der Waals surface area contributed by atoms with Crippen LogP contribution in [0.25, 0.3) is 0 Å². The highest BCUT2D eigenvalue weighted by Gasteiger charge is 2.13. The van der Waals surface area contributed by atoms with Gasteiger partial charge in [-0.3, -0.25) is 9.59 Å². The number of carbonyl (C=O) groups excluding carboxylic acids is 2. The van der Waals surface area contributed by atoms with Gasteiger partial charge in [-0.15, -0.1) is 0 Å². The summed E-state index contributed by atoms with van der Waals surface area (Å²) in [5.41, 5.74) is -0.963. The van der Waals surface area contributed by atoms with Crippen LogP contribution in [-0.2, 0) is 0 Å². The van der Waals surface area contributed by atoms with E-state index in [1.807, 2.05) is 0 Å². The predicted molar refractivity (Wildman–Crippen MR) is 91.5 cm³/mol. The van der Waals surface area contributed by atoms with Crippen molar-refractivity contribution in [3.8, 4) is 0 Å². The Morgan fingerprint density at radius 3 is 1.46 bits per heavy atom. The molecule has 0 atom stereocenters. The first-order valence-corrected chi connectivity index (χ1v) is 7.24. The van der Waals surface area contributed by atoms with Crippen LogP contribution in [0.4, 0.5) is 0 Å². The van der Waals surface area contributed by atoms with Gasteiger partial charge in [0.1, 0.15) is 0 Å². The van der Waals surface area contributed by atoms with Crippen LogP contribution in [0.1, 0.15) is 62.1 Å². The summed E-state index contributed by atoms with van der Waals surface area (Å²) in [6.07, 6.45) is 0.685. The van der Waals surface area contributed by atoms with Gasteiger partial charge >= 0.3 is 23.9 Å². The lowest BCUT2D eigenvalue weighted by atomic mass is 10.1. The average molecular weight is 388 g/mol. The third-order valence-electron chi connectivity index (χ3n) is 3.31. The molecule has 0 amide bonds. The van der Waals surface area contributed by atoms with Gasteiger partial charge in [-0.05, 0) is 36.4 Å². The van der Waals surface area contributed by atoms with Crippen LogP contribution >= 0.6 is 0 Å². The van der Waals surface area contributed by atoms with Crippen LogP contribution in [-0.4, -0.2) is 56.9 Å². The Labute approximate surface area is 156 Å². The second kappa shape index (κ2) is 9.38. The van der Waals surface area contributed by atoms with E-state index in [0.29, 0.717) is 12.6 Å². The van der Waals surface area contributed by atoms with E-state index in [0.717, 1.165) is 24.3 Å². The van der Waals surface area contributed by atoms with Gasteiger partial charge in [-0.25, -0.2) is 19.2 Å². The summed E-state index contributed by atoms with van der Waals surface area (Å²) in [6.45, 7) is 0. The van der Waals surface area contributed by atoms with E-state index >= 15 is 0 Å². The quantitative estimate of drug-likeness (QED) is 0.532. The fraction of sp³-hybridized carbons (Fsp3) is 0. The molecule has 2 rings (SSSR count). The number of carbonyl (C=O) groups is 6. The van der Waals surface area contributed by atoms with Crippen molar-refractivity contribution in [2.24, 2.45) is 0 Å². The van der Waals surface area contributed by atoms with Crippen molar-refractivity contribution < 1.29 is 49.2 Å². The molecule has 0 saturated carbocycles. The summed E-state index contributed by atoms with van der Waals surface area (Å²) in [7, 11) is 0. The van der Waals surface area contributed by atoms with Crippen molar-refractivity contribution >= 4 is 36.4 Å². The summed E-state index contributed by atoms with van der Waals surface area (Å²) in [5, 5.41) is 34.4. The molecular weight excluding hydrogens is 376 g/mol. The number of carboxylic acid groups (broad SMARTS) is 4. The maximum absolute atomic E-state index is 10.6. The molecule has 2 aromatic carbocycles. The van der Waals surface area contributed by atoms with Gasteiger partial charge in [0.2, 0.25) is 0 Å². The SMILES string of the molecule is O=Cc1cc(C(=O)O)ccc1C(=O)O.O=Cc1ccc(C(=O)O)cc1C(=O)O. The molecule has 0 radical (unpaired) electrons. The van der Waals surface area contributed by atoms with Gasteiger partial charge in [0, 0.05) is 11.1 Å². The first-order chi connectivity index (χ1) is 13.1. The third kappa shape index (κ3) is 5.33. The van der Waals surface area contributed by atoms with E-state index in [1.165, 1.54) is 12.1 Å². The first kappa shape index (κ1) is 21.7. The van der Waals surface area contributed by atoms with Gasteiger partial charge in [-0.1, -0.05) is 0 Å². The Morgan fingerprint density at radius 2 is 1.04 bits per heavy atom. The Kier molecular flexibility index (Phi) is 7.27. The molecule has 10 heteroatoms. The summed E-state index contributed by atoms with van der Waals surface area (Å²) in [5.74, 6) is -5.02. The number of benzene rings is 2. The van der Waals surface area contributed by atoms with Gasteiger partial charge < -0.3 is 20.4 Å². The molecule has 0 bridgehead atoms. The largest absolute Gasteiger partial charge is 0.478 e. The first-order valence-electron chi connectivity index (χ1n) is 7.24. The second-order valence-corrected chi connectivity index (χ2v) is 5.06. The molecule has 0 aliphatic heterocycles. The Balaban J connectivity index is 0.000000280. The highest BCUT2D eigenvalue weighted by Crippen LogP contribution is 2.11. The van der Waals surface area contributed by atoms with E-state index in [9.17, 15) is 28.8 Å². The maximum atomic E-state index is 10.6. The van der Waals surface area contributed by atoms with Crippen molar-refractivity contribution in [3.05, 3.63) is 69.8 Å². The minimum Gasteiger partial charge on any atom is -0.478 e. The summed E-state index contributed by atoms with van der Waals surface area (Å²) >= 11 is 0. The van der Waals surface area contributed by atoms with Crippen LogP contribution < -0.4 is 0 Å². The molecule has 0 aromatic heterocycles. The van der Waals surface area contributed by atoms with Crippen LogP contribution in [0.15, 0.2) is 36.4 Å². The Hall–Kier alpha value is -4.34. The molecule has 4 N–H and O–H groups in total. The molecule has 10 nitrogen and oxygen atoms in total. The van der Waals surface area contributed by atoms with E-state index < -0.39 is 23.9 Å². The van der Waals surface area contributed by atoms with Gasteiger partial charge in [-0.2, -0.15) is 0 Å². The minimum absolute atomic E-state index is 0.0394. The zero-order valence-corrected chi connectivity index (χ0v) is 13.9. The normalized spacial score (nSPS) is 9.43. The van der Waals surface area contributed by atoms with Gasteiger partial charge in [0.05, 0.1) is 22.3 Å². The highest BCUT2D eigenvalue weighted by molar-refractivity contribution is 6.00. The molecule has 0 unspecified atom stereocenters. The number of rotatable bonds is 6. The lowest BCUT2D eigenvalue weighted by Gasteiger charge is -2.00. The standard InChI is InChI=1S/2C9H6O5/c10-4-6-3-5(8(11)12)1-2-7(6)9(13)14;10-4-6-2-1-5(8(11)12)3-7(6)9(13)14/h2*1-4H,(H,11,12)(H,13,14). The molecule has 2 aromatic rings. The monoisotopic (exact) mass is 388 g/mol. The zero-order valence-electron chi connectivity index (χ0n) is 13.9. The van der Waals surface area contributed by atoms with E-state index in [2.05, 4.69) is 0 Å². The fourth-order valence-electron chi connectivity index (χ4n) is 1.97.